The lowest BCUT2D eigenvalue weighted by molar-refractivity contribution is -0.134. The molecule has 216 valence electrons. The van der Waals surface area contributed by atoms with Crippen molar-refractivity contribution in [3.63, 3.8) is 0 Å². The molecule has 0 spiro atoms. The molecule has 41 heavy (non-hydrogen) atoms. The Morgan fingerprint density at radius 1 is 0.927 bits per heavy atom. The van der Waals surface area contributed by atoms with Crippen LogP contribution in [0.5, 0.6) is 0 Å². The Kier molecular flexibility index (Phi) is 10.3. The first-order valence-corrected chi connectivity index (χ1v) is 16.1. The molecule has 4 rings (SSSR count). The highest BCUT2D eigenvalue weighted by Gasteiger charge is 2.52. The third-order valence-corrected chi connectivity index (χ3v) is 12.6. The van der Waals surface area contributed by atoms with Crippen molar-refractivity contribution >= 4 is 30.6 Å². The molecular formula is C34H40O6Si. The van der Waals surface area contributed by atoms with Crippen molar-refractivity contribution in [2.45, 2.75) is 63.4 Å². The lowest BCUT2D eigenvalue weighted by Crippen LogP contribution is -2.68. The third-order valence-electron chi connectivity index (χ3n) is 7.51. The van der Waals surface area contributed by atoms with E-state index in [1.165, 1.54) is 23.6 Å². The highest BCUT2D eigenvalue weighted by atomic mass is 28.4. The van der Waals surface area contributed by atoms with E-state index in [4.69, 9.17) is 18.6 Å². The zero-order valence-electron chi connectivity index (χ0n) is 24.3. The zero-order valence-corrected chi connectivity index (χ0v) is 25.3. The Hall–Kier alpha value is -3.52. The van der Waals surface area contributed by atoms with Gasteiger partial charge >= 0.3 is 11.9 Å². The molecule has 1 aliphatic rings. The van der Waals surface area contributed by atoms with Crippen molar-refractivity contribution in [3.05, 3.63) is 109 Å². The van der Waals surface area contributed by atoms with Gasteiger partial charge in [0.1, 0.15) is 6.10 Å². The maximum absolute atomic E-state index is 13.0. The van der Waals surface area contributed by atoms with Gasteiger partial charge in [-0.15, -0.1) is 0 Å². The van der Waals surface area contributed by atoms with E-state index < -0.39 is 26.4 Å². The Balaban J connectivity index is 1.68. The first-order chi connectivity index (χ1) is 19.7. The van der Waals surface area contributed by atoms with Crippen molar-refractivity contribution < 1.29 is 28.2 Å². The van der Waals surface area contributed by atoms with E-state index in [-0.39, 0.29) is 17.2 Å². The van der Waals surface area contributed by atoms with E-state index in [0.717, 1.165) is 12.8 Å². The van der Waals surface area contributed by atoms with Crippen LogP contribution in [0.15, 0.2) is 103 Å². The minimum atomic E-state index is -2.84. The summed E-state index contributed by atoms with van der Waals surface area (Å²) in [6.45, 7) is 7.34. The van der Waals surface area contributed by atoms with Crippen LogP contribution in [0.2, 0.25) is 5.04 Å². The normalized spacial score (nSPS) is 18.5. The maximum Gasteiger partial charge on any atom is 0.338 e. The predicted octanol–water partition coefficient (Wildman–Crippen LogP) is 5.46. The van der Waals surface area contributed by atoms with Crippen molar-refractivity contribution in [3.8, 4) is 0 Å². The van der Waals surface area contributed by atoms with Gasteiger partial charge in [0.05, 0.1) is 24.9 Å². The molecule has 3 atom stereocenters. The minimum absolute atomic E-state index is 0.193. The third kappa shape index (κ3) is 7.41. The Labute approximate surface area is 244 Å². The fourth-order valence-corrected chi connectivity index (χ4v) is 10.3. The molecule has 7 heteroatoms. The smallest absolute Gasteiger partial charge is 0.338 e. The van der Waals surface area contributed by atoms with Crippen molar-refractivity contribution in [1.29, 1.82) is 0 Å². The van der Waals surface area contributed by atoms with Gasteiger partial charge in [-0.3, -0.25) is 0 Å². The van der Waals surface area contributed by atoms with Crippen LogP contribution < -0.4 is 10.4 Å². The average molecular weight is 573 g/mol. The number of methoxy groups -OCH3 is 1. The van der Waals surface area contributed by atoms with Gasteiger partial charge in [-0.1, -0.05) is 99.6 Å². The molecule has 0 radical (unpaired) electrons. The molecule has 3 aromatic carbocycles. The van der Waals surface area contributed by atoms with Crippen molar-refractivity contribution in [1.82, 2.24) is 0 Å². The second-order valence-electron chi connectivity index (χ2n) is 11.3. The molecule has 0 bridgehead atoms. The summed E-state index contributed by atoms with van der Waals surface area (Å²) in [5.74, 6) is -0.985. The van der Waals surface area contributed by atoms with E-state index in [1.807, 2.05) is 18.2 Å². The summed E-state index contributed by atoms with van der Waals surface area (Å²) in [6.07, 6.45) is 3.60. The maximum atomic E-state index is 13.0. The summed E-state index contributed by atoms with van der Waals surface area (Å²) >= 11 is 0. The van der Waals surface area contributed by atoms with Gasteiger partial charge in [0.2, 0.25) is 0 Å². The van der Waals surface area contributed by atoms with Gasteiger partial charge in [0.25, 0.3) is 8.32 Å². The molecule has 1 saturated heterocycles. The molecule has 0 unspecified atom stereocenters. The SMILES string of the molecule is COC(=O)/C=C/[C@H](C[C@H]1OCCC[C@H]1O[Si](c1ccccc1)(c1ccccc1)C(C)(C)C)OC(=O)c1ccccc1. The second-order valence-corrected chi connectivity index (χ2v) is 15.6. The average Bonchev–Trinajstić information content (AvgIpc) is 2.99. The molecule has 1 heterocycles. The first-order valence-electron chi connectivity index (χ1n) is 14.2. The standard InChI is InChI=1S/C34H40O6Si/c1-34(2,3)41(28-17-10-6-11-18-28,29-19-12-7-13-20-29)40-30-21-14-24-38-31(30)25-27(22-23-32(35)37-4)39-33(36)26-15-8-5-9-16-26/h5-13,15-20,22-23,27,30-31H,14,21,24-25H2,1-4H3/b23-22+/t27-,30-,31-/m1/s1. The van der Waals surface area contributed by atoms with Crippen molar-refractivity contribution in [2.75, 3.05) is 13.7 Å². The summed E-state index contributed by atoms with van der Waals surface area (Å²) in [4.78, 5) is 24.9. The monoisotopic (exact) mass is 572 g/mol. The summed E-state index contributed by atoms with van der Waals surface area (Å²) in [5, 5.41) is 2.20. The van der Waals surface area contributed by atoms with Gasteiger partial charge in [-0.25, -0.2) is 9.59 Å². The Morgan fingerprint density at radius 3 is 2.02 bits per heavy atom. The van der Waals surface area contributed by atoms with Gasteiger partial charge in [-0.05, 0) is 46.5 Å². The highest BCUT2D eigenvalue weighted by Crippen LogP contribution is 2.39. The summed E-state index contributed by atoms with van der Waals surface area (Å²) in [5.41, 5.74) is 0.439. The molecule has 0 aliphatic carbocycles. The minimum Gasteiger partial charge on any atom is -0.466 e. The summed E-state index contributed by atoms with van der Waals surface area (Å²) < 4.78 is 24.4. The molecule has 6 nitrogen and oxygen atoms in total. The van der Waals surface area contributed by atoms with Crippen LogP contribution in [0.4, 0.5) is 0 Å². The van der Waals surface area contributed by atoms with E-state index in [9.17, 15) is 9.59 Å². The topological polar surface area (TPSA) is 71.1 Å². The first kappa shape index (κ1) is 30.4. The van der Waals surface area contributed by atoms with Crippen LogP contribution in [0, 0.1) is 0 Å². The molecule has 0 aromatic heterocycles. The Bertz CT molecular complexity index is 1250. The summed E-state index contributed by atoms with van der Waals surface area (Å²) in [7, 11) is -1.52. The van der Waals surface area contributed by atoms with E-state index in [2.05, 4.69) is 69.3 Å². The number of benzene rings is 3. The number of carbonyl (C=O) groups is 2. The number of ether oxygens (including phenoxy) is 3. The highest BCUT2D eigenvalue weighted by molar-refractivity contribution is 6.99. The van der Waals surface area contributed by atoms with Gasteiger partial charge in [0, 0.05) is 19.1 Å². The molecule has 0 amide bonds. The molecule has 1 fully saturated rings. The van der Waals surface area contributed by atoms with Crippen LogP contribution >= 0.6 is 0 Å². The number of esters is 2. The zero-order chi connectivity index (χ0) is 29.3. The number of carbonyl (C=O) groups excluding carboxylic acids is 2. The molecule has 0 saturated carbocycles. The molecular weight excluding hydrogens is 532 g/mol. The summed E-state index contributed by atoms with van der Waals surface area (Å²) in [6, 6.07) is 29.9. The quantitative estimate of drug-likeness (QED) is 0.183. The predicted molar refractivity (Wildman–Crippen MR) is 163 cm³/mol. The molecule has 1 aliphatic heterocycles. The number of hydrogen-bond acceptors (Lipinski definition) is 6. The van der Waals surface area contributed by atoms with Crippen LogP contribution in [0.25, 0.3) is 0 Å². The number of rotatable bonds is 10. The van der Waals surface area contributed by atoms with Crippen LogP contribution in [0.1, 0.15) is 50.4 Å². The fourth-order valence-electron chi connectivity index (χ4n) is 5.51. The van der Waals surface area contributed by atoms with E-state index >= 15 is 0 Å². The second kappa shape index (κ2) is 13.9. The fraction of sp³-hybridized carbons (Fsp3) is 0.353. The number of hydrogen-bond donors (Lipinski definition) is 0. The van der Waals surface area contributed by atoms with Crippen LogP contribution in [-0.2, 0) is 23.4 Å². The lowest BCUT2D eigenvalue weighted by Gasteiger charge is -2.47. The molecule has 3 aromatic rings. The Morgan fingerprint density at radius 2 is 1.49 bits per heavy atom. The van der Waals surface area contributed by atoms with Gasteiger partial charge < -0.3 is 18.6 Å². The van der Waals surface area contributed by atoms with E-state index in [0.29, 0.717) is 18.6 Å². The van der Waals surface area contributed by atoms with Gasteiger partial charge in [-0.2, -0.15) is 0 Å². The molecule has 0 N–H and O–H groups in total. The largest absolute Gasteiger partial charge is 0.466 e. The van der Waals surface area contributed by atoms with Crippen molar-refractivity contribution in [2.24, 2.45) is 0 Å². The lowest BCUT2D eigenvalue weighted by atomic mass is 10.00. The van der Waals surface area contributed by atoms with E-state index in [1.54, 1.807) is 30.3 Å². The van der Waals surface area contributed by atoms with Crippen LogP contribution in [-0.4, -0.2) is 52.3 Å². The van der Waals surface area contributed by atoms with Gasteiger partial charge in [0.15, 0.2) is 0 Å². The van der Waals surface area contributed by atoms with Crippen LogP contribution in [0.3, 0.4) is 0 Å².